The van der Waals surface area contributed by atoms with E-state index in [1.807, 2.05) is 13.0 Å². The molecule has 5 heteroatoms. The van der Waals surface area contributed by atoms with Crippen LogP contribution in [0.1, 0.15) is 29.4 Å². The first kappa shape index (κ1) is 14.1. The predicted octanol–water partition coefficient (Wildman–Crippen LogP) is 3.05. The van der Waals surface area contributed by atoms with Gasteiger partial charge in [0.1, 0.15) is 5.82 Å². The lowest BCUT2D eigenvalue weighted by Crippen LogP contribution is -2.21. The summed E-state index contributed by atoms with van der Waals surface area (Å²) >= 11 is 0. The molecule has 0 spiro atoms. The maximum absolute atomic E-state index is 13.7. The predicted molar refractivity (Wildman–Crippen MR) is 75.8 cm³/mol. The summed E-state index contributed by atoms with van der Waals surface area (Å²) in [5.41, 5.74) is 1.36. The molecule has 0 N–H and O–H groups in total. The number of halogens is 2. The summed E-state index contributed by atoms with van der Waals surface area (Å²) in [7, 11) is 0. The second kappa shape index (κ2) is 5.85. The van der Waals surface area contributed by atoms with Crippen molar-refractivity contribution in [3.63, 3.8) is 0 Å². The highest BCUT2D eigenvalue weighted by atomic mass is 19.2. The molecule has 1 atom stereocenters. The van der Waals surface area contributed by atoms with Crippen LogP contribution in [0.15, 0.2) is 30.5 Å². The summed E-state index contributed by atoms with van der Waals surface area (Å²) in [4.78, 5) is 10.9. The van der Waals surface area contributed by atoms with Gasteiger partial charge in [0.2, 0.25) is 0 Å². The van der Waals surface area contributed by atoms with Gasteiger partial charge in [0.05, 0.1) is 0 Å². The van der Waals surface area contributed by atoms with Gasteiger partial charge in [0.15, 0.2) is 11.6 Å². The van der Waals surface area contributed by atoms with Gasteiger partial charge >= 0.3 is 0 Å². The SMILES string of the molecule is Cc1ccnc(C2CCN(Cc3cccc(F)c3F)C2)n1. The average molecular weight is 289 g/mol. The Bertz CT molecular complexity index is 645. The van der Waals surface area contributed by atoms with Crippen molar-refractivity contribution in [3.8, 4) is 0 Å². The van der Waals surface area contributed by atoms with Gasteiger partial charge in [-0.3, -0.25) is 4.90 Å². The number of aromatic nitrogens is 2. The van der Waals surface area contributed by atoms with E-state index in [0.717, 1.165) is 37.1 Å². The van der Waals surface area contributed by atoms with Crippen LogP contribution in [0.5, 0.6) is 0 Å². The van der Waals surface area contributed by atoms with Crippen LogP contribution in [-0.4, -0.2) is 28.0 Å². The maximum atomic E-state index is 13.7. The summed E-state index contributed by atoms with van der Waals surface area (Å²) in [6, 6.07) is 6.20. The molecule has 1 unspecified atom stereocenters. The quantitative estimate of drug-likeness (QED) is 0.869. The monoisotopic (exact) mass is 289 g/mol. The van der Waals surface area contributed by atoms with Crippen molar-refractivity contribution in [2.24, 2.45) is 0 Å². The molecule has 1 fully saturated rings. The Morgan fingerprint density at radius 1 is 1.29 bits per heavy atom. The lowest BCUT2D eigenvalue weighted by molar-refractivity contribution is 0.317. The molecule has 3 nitrogen and oxygen atoms in total. The zero-order valence-corrected chi connectivity index (χ0v) is 11.9. The van der Waals surface area contributed by atoms with Gasteiger partial charge in [-0.15, -0.1) is 0 Å². The third-order valence-electron chi connectivity index (χ3n) is 3.88. The lowest BCUT2D eigenvalue weighted by atomic mass is 10.1. The van der Waals surface area contributed by atoms with Crippen molar-refractivity contribution in [1.82, 2.24) is 14.9 Å². The Balaban J connectivity index is 1.69. The fourth-order valence-corrected chi connectivity index (χ4v) is 2.76. The minimum atomic E-state index is -0.787. The molecule has 2 heterocycles. The lowest BCUT2D eigenvalue weighted by Gasteiger charge is -2.16. The van der Waals surface area contributed by atoms with Gasteiger partial charge in [-0.2, -0.15) is 0 Å². The molecule has 0 amide bonds. The van der Waals surface area contributed by atoms with E-state index in [1.54, 1.807) is 18.3 Å². The first-order valence-electron chi connectivity index (χ1n) is 7.08. The number of hydrogen-bond acceptors (Lipinski definition) is 3. The van der Waals surface area contributed by atoms with Gasteiger partial charge in [-0.1, -0.05) is 12.1 Å². The summed E-state index contributed by atoms with van der Waals surface area (Å²) < 4.78 is 26.9. The van der Waals surface area contributed by atoms with Crippen LogP contribution in [0, 0.1) is 18.6 Å². The second-order valence-corrected chi connectivity index (χ2v) is 5.49. The molecule has 0 bridgehead atoms. The molecule has 2 aromatic rings. The number of nitrogens with zero attached hydrogens (tertiary/aromatic N) is 3. The van der Waals surface area contributed by atoms with Crippen molar-refractivity contribution >= 4 is 0 Å². The zero-order valence-electron chi connectivity index (χ0n) is 11.9. The van der Waals surface area contributed by atoms with Crippen LogP contribution in [0.2, 0.25) is 0 Å². The number of benzene rings is 1. The van der Waals surface area contributed by atoms with Gasteiger partial charge in [0, 0.05) is 36.5 Å². The topological polar surface area (TPSA) is 29.0 Å². The minimum Gasteiger partial charge on any atom is -0.298 e. The molecule has 1 aromatic carbocycles. The van der Waals surface area contributed by atoms with Crippen molar-refractivity contribution < 1.29 is 8.78 Å². The number of likely N-dealkylation sites (tertiary alicyclic amines) is 1. The van der Waals surface area contributed by atoms with E-state index in [2.05, 4.69) is 14.9 Å². The van der Waals surface area contributed by atoms with E-state index in [9.17, 15) is 8.78 Å². The standard InChI is InChI=1S/C16H17F2N3/c1-11-5-7-19-16(20-11)13-6-8-21(10-13)9-12-3-2-4-14(17)15(12)18/h2-5,7,13H,6,8-10H2,1H3. The zero-order chi connectivity index (χ0) is 14.8. The molecule has 0 saturated carbocycles. The molecule has 1 aliphatic heterocycles. The Morgan fingerprint density at radius 2 is 2.14 bits per heavy atom. The molecule has 110 valence electrons. The van der Waals surface area contributed by atoms with Crippen molar-refractivity contribution in [2.45, 2.75) is 25.8 Å². The van der Waals surface area contributed by atoms with Crippen LogP contribution in [0.3, 0.4) is 0 Å². The number of rotatable bonds is 3. The molecule has 1 saturated heterocycles. The van der Waals surface area contributed by atoms with E-state index >= 15 is 0 Å². The van der Waals surface area contributed by atoms with Gasteiger partial charge in [0.25, 0.3) is 0 Å². The maximum Gasteiger partial charge on any atom is 0.163 e. The second-order valence-electron chi connectivity index (χ2n) is 5.49. The normalized spacial score (nSPS) is 19.1. The summed E-state index contributed by atoms with van der Waals surface area (Å²) in [6.45, 7) is 3.99. The first-order valence-corrected chi connectivity index (χ1v) is 7.08. The minimum absolute atomic E-state index is 0.265. The average Bonchev–Trinajstić information content (AvgIpc) is 2.93. The highest BCUT2D eigenvalue weighted by molar-refractivity contribution is 5.19. The molecule has 0 aliphatic carbocycles. The Kier molecular flexibility index (Phi) is 3.92. The van der Waals surface area contributed by atoms with Gasteiger partial charge < -0.3 is 0 Å². The van der Waals surface area contributed by atoms with Crippen molar-refractivity contribution in [1.29, 1.82) is 0 Å². The van der Waals surface area contributed by atoms with Gasteiger partial charge in [-0.25, -0.2) is 18.7 Å². The fraction of sp³-hybridized carbons (Fsp3) is 0.375. The molecule has 21 heavy (non-hydrogen) atoms. The van der Waals surface area contributed by atoms with Crippen LogP contribution in [-0.2, 0) is 6.54 Å². The Morgan fingerprint density at radius 3 is 2.95 bits per heavy atom. The molecule has 3 rings (SSSR count). The molecular weight excluding hydrogens is 272 g/mol. The van der Waals surface area contributed by atoms with Crippen LogP contribution in [0.25, 0.3) is 0 Å². The Hall–Kier alpha value is -1.88. The molecular formula is C16H17F2N3. The summed E-state index contributed by atoms with van der Waals surface area (Å²) in [6.07, 6.45) is 2.72. The number of aryl methyl sites for hydroxylation is 1. The van der Waals surface area contributed by atoms with Crippen molar-refractivity contribution in [2.75, 3.05) is 13.1 Å². The smallest absolute Gasteiger partial charge is 0.163 e. The summed E-state index contributed by atoms with van der Waals surface area (Å²) in [5, 5.41) is 0. The highest BCUT2D eigenvalue weighted by Gasteiger charge is 2.26. The van der Waals surface area contributed by atoms with E-state index in [1.165, 1.54) is 0 Å². The molecule has 1 aromatic heterocycles. The van der Waals surface area contributed by atoms with Crippen LogP contribution >= 0.6 is 0 Å². The third kappa shape index (κ3) is 3.08. The van der Waals surface area contributed by atoms with E-state index in [-0.39, 0.29) is 5.92 Å². The highest BCUT2D eigenvalue weighted by Crippen LogP contribution is 2.26. The Labute approximate surface area is 122 Å². The fourth-order valence-electron chi connectivity index (χ4n) is 2.76. The number of hydrogen-bond donors (Lipinski definition) is 0. The summed E-state index contributed by atoms with van der Waals surface area (Å²) in [5.74, 6) is -0.420. The van der Waals surface area contributed by atoms with Crippen LogP contribution in [0.4, 0.5) is 8.78 Å². The van der Waals surface area contributed by atoms with E-state index in [4.69, 9.17) is 0 Å². The van der Waals surface area contributed by atoms with Gasteiger partial charge in [-0.05, 0) is 32.0 Å². The largest absolute Gasteiger partial charge is 0.298 e. The molecule has 0 radical (unpaired) electrons. The van der Waals surface area contributed by atoms with E-state index < -0.39 is 11.6 Å². The first-order chi connectivity index (χ1) is 10.1. The van der Waals surface area contributed by atoms with Crippen molar-refractivity contribution in [3.05, 3.63) is 59.2 Å². The molecule has 1 aliphatic rings. The third-order valence-corrected chi connectivity index (χ3v) is 3.88. The van der Waals surface area contributed by atoms with E-state index in [0.29, 0.717) is 12.1 Å². The van der Waals surface area contributed by atoms with Crippen LogP contribution < -0.4 is 0 Å².